The molecule has 0 aliphatic rings. The van der Waals surface area contributed by atoms with Crippen molar-refractivity contribution in [3.05, 3.63) is 0 Å². The molecular formula is C11H27Cl2N3O. The zero-order valence-electron chi connectivity index (χ0n) is 11.3. The molecule has 0 aromatic heterocycles. The van der Waals surface area contributed by atoms with E-state index in [9.17, 15) is 4.79 Å². The zero-order chi connectivity index (χ0) is 11.7. The normalized spacial score (nSPS) is 9.76. The van der Waals surface area contributed by atoms with Crippen LogP contribution >= 0.6 is 24.8 Å². The zero-order valence-corrected chi connectivity index (χ0v) is 12.9. The van der Waals surface area contributed by atoms with Crippen LogP contribution in [0.3, 0.4) is 0 Å². The number of halogens is 2. The lowest BCUT2D eigenvalue weighted by molar-refractivity contribution is -0.122. The minimum Gasteiger partial charge on any atom is -0.354 e. The number of carbonyl (C=O) groups is 1. The molecule has 0 rings (SSSR count). The first-order chi connectivity index (χ1) is 7.07. The number of amides is 1. The molecule has 6 heteroatoms. The van der Waals surface area contributed by atoms with Crippen LogP contribution in [0.1, 0.15) is 27.2 Å². The topological polar surface area (TPSA) is 44.4 Å². The number of nitrogens with one attached hydrogen (secondary N) is 2. The quantitative estimate of drug-likeness (QED) is 0.661. The summed E-state index contributed by atoms with van der Waals surface area (Å²) in [7, 11) is 1.96. The summed E-state index contributed by atoms with van der Waals surface area (Å²) in [5, 5.41) is 6.12. The number of nitrogens with zero attached hydrogens (tertiary/aromatic N) is 1. The minimum absolute atomic E-state index is 0. The van der Waals surface area contributed by atoms with Crippen molar-refractivity contribution in [2.75, 3.05) is 33.2 Å². The van der Waals surface area contributed by atoms with Gasteiger partial charge in [0, 0.05) is 19.1 Å². The molecule has 0 fully saturated rings. The summed E-state index contributed by atoms with van der Waals surface area (Å²) >= 11 is 0. The molecule has 0 saturated carbocycles. The van der Waals surface area contributed by atoms with Crippen molar-refractivity contribution in [3.8, 4) is 0 Å². The van der Waals surface area contributed by atoms with Crippen molar-refractivity contribution in [1.82, 2.24) is 15.5 Å². The molecule has 0 radical (unpaired) electrons. The molecule has 0 aliphatic carbocycles. The summed E-state index contributed by atoms with van der Waals surface area (Å²) < 4.78 is 0. The Balaban J connectivity index is -0.000000980. The maximum absolute atomic E-state index is 11.4. The Labute approximate surface area is 118 Å². The summed E-state index contributed by atoms with van der Waals surface area (Å²) in [6, 6.07) is 0.411. The van der Waals surface area contributed by atoms with Crippen LogP contribution in [0.4, 0.5) is 0 Å². The van der Waals surface area contributed by atoms with Gasteiger partial charge in [-0.25, -0.2) is 0 Å². The second-order valence-corrected chi connectivity index (χ2v) is 4.11. The highest BCUT2D eigenvalue weighted by Gasteiger charge is 2.07. The van der Waals surface area contributed by atoms with Gasteiger partial charge in [0.05, 0.1) is 6.54 Å². The molecule has 17 heavy (non-hydrogen) atoms. The van der Waals surface area contributed by atoms with E-state index in [4.69, 9.17) is 0 Å². The van der Waals surface area contributed by atoms with E-state index >= 15 is 0 Å². The highest BCUT2D eigenvalue weighted by molar-refractivity contribution is 5.85. The molecule has 0 aromatic rings. The van der Waals surface area contributed by atoms with Crippen molar-refractivity contribution in [3.63, 3.8) is 0 Å². The molecule has 0 saturated heterocycles. The van der Waals surface area contributed by atoms with Crippen molar-refractivity contribution in [2.45, 2.75) is 33.2 Å². The third-order valence-corrected chi connectivity index (χ3v) is 2.33. The maximum Gasteiger partial charge on any atom is 0.234 e. The number of hydrogen-bond donors (Lipinski definition) is 2. The molecule has 0 aromatic carbocycles. The van der Waals surface area contributed by atoms with Crippen LogP contribution in [0.5, 0.6) is 0 Å². The second-order valence-electron chi connectivity index (χ2n) is 4.11. The highest BCUT2D eigenvalue weighted by Crippen LogP contribution is 1.91. The molecule has 4 nitrogen and oxygen atoms in total. The monoisotopic (exact) mass is 287 g/mol. The van der Waals surface area contributed by atoms with E-state index in [0.29, 0.717) is 19.1 Å². The Bertz CT molecular complexity index is 180. The summed E-state index contributed by atoms with van der Waals surface area (Å²) in [6.45, 7) is 9.35. The van der Waals surface area contributed by atoms with Crippen LogP contribution in [-0.4, -0.2) is 50.1 Å². The van der Waals surface area contributed by atoms with Crippen molar-refractivity contribution >= 4 is 30.7 Å². The molecule has 2 N–H and O–H groups in total. The molecule has 106 valence electrons. The van der Waals surface area contributed by atoms with E-state index in [1.54, 1.807) is 0 Å². The number of hydrogen-bond acceptors (Lipinski definition) is 3. The Morgan fingerprint density at radius 3 is 2.24 bits per heavy atom. The fourth-order valence-corrected chi connectivity index (χ4v) is 1.06. The maximum atomic E-state index is 11.4. The van der Waals surface area contributed by atoms with Crippen LogP contribution in [0, 0.1) is 0 Å². The summed E-state index contributed by atoms with van der Waals surface area (Å²) in [6.07, 6.45) is 1.13. The standard InChI is InChI=1S/C11H25N3O.2ClH/c1-5-6-12-7-8-13-11(15)9-14(4)10(2)3;;/h10,12H,5-9H2,1-4H3,(H,13,15);2*1H. The average molecular weight is 288 g/mol. The smallest absolute Gasteiger partial charge is 0.234 e. The van der Waals surface area contributed by atoms with Gasteiger partial charge in [0.25, 0.3) is 0 Å². The predicted molar refractivity (Wildman–Crippen MR) is 78.4 cm³/mol. The van der Waals surface area contributed by atoms with Gasteiger partial charge in [0.2, 0.25) is 5.91 Å². The van der Waals surface area contributed by atoms with Gasteiger partial charge in [-0.05, 0) is 33.9 Å². The van der Waals surface area contributed by atoms with Crippen LogP contribution in [0.25, 0.3) is 0 Å². The summed E-state index contributed by atoms with van der Waals surface area (Å²) in [5.74, 6) is 0.101. The third kappa shape index (κ3) is 13.9. The number of carbonyl (C=O) groups excluding carboxylic acids is 1. The first-order valence-electron chi connectivity index (χ1n) is 5.75. The molecular weight excluding hydrogens is 261 g/mol. The third-order valence-electron chi connectivity index (χ3n) is 2.33. The van der Waals surface area contributed by atoms with E-state index < -0.39 is 0 Å². The molecule has 0 aliphatic heterocycles. The molecule has 1 amide bonds. The molecule has 0 atom stereocenters. The lowest BCUT2D eigenvalue weighted by atomic mass is 10.3. The lowest BCUT2D eigenvalue weighted by Gasteiger charge is -2.20. The first kappa shape index (κ1) is 22.2. The Morgan fingerprint density at radius 1 is 1.18 bits per heavy atom. The SMILES string of the molecule is CCCNCCNC(=O)CN(C)C(C)C.Cl.Cl. The second kappa shape index (κ2) is 14.0. The summed E-state index contributed by atoms with van der Waals surface area (Å²) in [5.41, 5.74) is 0. The van der Waals surface area contributed by atoms with E-state index in [2.05, 4.69) is 31.4 Å². The fourth-order valence-electron chi connectivity index (χ4n) is 1.06. The average Bonchev–Trinajstić information content (AvgIpc) is 2.17. The molecule has 0 spiro atoms. The summed E-state index contributed by atoms with van der Waals surface area (Å²) in [4.78, 5) is 13.4. The fraction of sp³-hybridized carbons (Fsp3) is 0.909. The number of rotatable bonds is 8. The first-order valence-corrected chi connectivity index (χ1v) is 5.75. The Kier molecular flexibility index (Phi) is 18.3. The minimum atomic E-state index is 0. The van der Waals surface area contributed by atoms with Gasteiger partial charge in [-0.1, -0.05) is 6.92 Å². The van der Waals surface area contributed by atoms with Crippen molar-refractivity contribution in [1.29, 1.82) is 0 Å². The van der Waals surface area contributed by atoms with E-state index in [-0.39, 0.29) is 30.7 Å². The van der Waals surface area contributed by atoms with Crippen molar-refractivity contribution in [2.24, 2.45) is 0 Å². The largest absolute Gasteiger partial charge is 0.354 e. The Morgan fingerprint density at radius 2 is 1.76 bits per heavy atom. The predicted octanol–water partition coefficient (Wildman–Crippen LogP) is 1.29. The van der Waals surface area contributed by atoms with Gasteiger partial charge < -0.3 is 10.6 Å². The van der Waals surface area contributed by atoms with Gasteiger partial charge in [-0.2, -0.15) is 0 Å². The molecule has 0 heterocycles. The van der Waals surface area contributed by atoms with Crippen LogP contribution < -0.4 is 10.6 Å². The van der Waals surface area contributed by atoms with Gasteiger partial charge in [-0.15, -0.1) is 24.8 Å². The Hall–Kier alpha value is -0.0300. The van der Waals surface area contributed by atoms with E-state index in [0.717, 1.165) is 19.5 Å². The van der Waals surface area contributed by atoms with Crippen LogP contribution in [-0.2, 0) is 4.79 Å². The van der Waals surface area contributed by atoms with Crippen LogP contribution in [0.15, 0.2) is 0 Å². The highest BCUT2D eigenvalue weighted by atomic mass is 35.5. The van der Waals surface area contributed by atoms with Gasteiger partial charge in [0.1, 0.15) is 0 Å². The molecule has 0 unspecified atom stereocenters. The van der Waals surface area contributed by atoms with E-state index in [1.807, 2.05) is 11.9 Å². The molecule has 0 bridgehead atoms. The lowest BCUT2D eigenvalue weighted by Crippen LogP contribution is -2.40. The number of likely N-dealkylation sites (N-methyl/N-ethyl adjacent to an activating group) is 1. The van der Waals surface area contributed by atoms with E-state index in [1.165, 1.54) is 0 Å². The van der Waals surface area contributed by atoms with Crippen LogP contribution in [0.2, 0.25) is 0 Å². The van der Waals surface area contributed by atoms with Gasteiger partial charge in [0.15, 0.2) is 0 Å². The van der Waals surface area contributed by atoms with Gasteiger partial charge >= 0.3 is 0 Å². The van der Waals surface area contributed by atoms with Crippen molar-refractivity contribution < 1.29 is 4.79 Å². The van der Waals surface area contributed by atoms with Gasteiger partial charge in [-0.3, -0.25) is 9.69 Å².